The van der Waals surface area contributed by atoms with Crippen LogP contribution in [0, 0.1) is 0 Å². The smallest absolute Gasteiger partial charge is 0.420 e. The number of ether oxygens (including phenoxy) is 1. The van der Waals surface area contributed by atoms with E-state index in [1.54, 1.807) is 6.07 Å². The van der Waals surface area contributed by atoms with Gasteiger partial charge in [-0.2, -0.15) is 13.2 Å². The topological polar surface area (TPSA) is 35.2 Å². The zero-order valence-electron chi connectivity index (χ0n) is 9.51. The third-order valence-corrected chi connectivity index (χ3v) is 3.46. The van der Waals surface area contributed by atoms with E-state index in [1.165, 1.54) is 6.07 Å². The number of hydrogen-bond donors (Lipinski definition) is 1. The molecule has 0 bridgehead atoms. The van der Waals surface area contributed by atoms with Crippen LogP contribution in [-0.2, 0) is 6.18 Å². The molecule has 1 fully saturated rings. The molecule has 2 rings (SSSR count). The Morgan fingerprint density at radius 3 is 2.56 bits per heavy atom. The highest BCUT2D eigenvalue weighted by molar-refractivity contribution is 9.10. The fraction of sp³-hybridized carbons (Fsp3) is 0.500. The van der Waals surface area contributed by atoms with Gasteiger partial charge in [0.2, 0.25) is 0 Å². The van der Waals surface area contributed by atoms with Crippen LogP contribution in [0.4, 0.5) is 13.2 Å². The molecule has 2 unspecified atom stereocenters. The third kappa shape index (κ3) is 3.17. The van der Waals surface area contributed by atoms with Crippen molar-refractivity contribution in [3.8, 4) is 5.75 Å². The predicted octanol–water partition coefficient (Wildman–Crippen LogP) is 3.73. The Kier molecular flexibility index (Phi) is 3.87. The van der Waals surface area contributed by atoms with Gasteiger partial charge in [0.1, 0.15) is 11.9 Å². The summed E-state index contributed by atoms with van der Waals surface area (Å²) in [6, 6.07) is 3.94. The monoisotopic (exact) mass is 323 g/mol. The lowest BCUT2D eigenvalue weighted by Gasteiger charge is -2.18. The zero-order valence-corrected chi connectivity index (χ0v) is 11.1. The third-order valence-electron chi connectivity index (χ3n) is 2.97. The zero-order chi connectivity index (χ0) is 13.3. The first-order valence-electron chi connectivity index (χ1n) is 5.65. The maximum absolute atomic E-state index is 12.9. The number of hydrogen-bond acceptors (Lipinski definition) is 2. The number of nitrogens with two attached hydrogens (primary N) is 1. The molecule has 0 saturated heterocycles. The molecular formula is C12H13BrF3NO. The van der Waals surface area contributed by atoms with Crippen LogP contribution < -0.4 is 10.5 Å². The summed E-state index contributed by atoms with van der Waals surface area (Å²) in [6.07, 6.45) is -2.54. The van der Waals surface area contributed by atoms with E-state index in [0.29, 0.717) is 17.3 Å². The van der Waals surface area contributed by atoms with Gasteiger partial charge < -0.3 is 10.5 Å². The standard InChI is InChI=1S/C12H13BrF3NO/c13-7-1-4-11(10(5-7)12(14,15)16)18-9-3-2-8(17)6-9/h1,4-5,8-9H,2-3,6,17H2. The molecule has 2 N–H and O–H groups in total. The molecule has 0 heterocycles. The van der Waals surface area contributed by atoms with E-state index in [2.05, 4.69) is 15.9 Å². The van der Waals surface area contributed by atoms with E-state index >= 15 is 0 Å². The van der Waals surface area contributed by atoms with E-state index in [9.17, 15) is 13.2 Å². The van der Waals surface area contributed by atoms with Crippen molar-refractivity contribution in [1.29, 1.82) is 0 Å². The Morgan fingerprint density at radius 2 is 2.00 bits per heavy atom. The van der Waals surface area contributed by atoms with E-state index in [1.807, 2.05) is 0 Å². The molecule has 0 radical (unpaired) electrons. The molecule has 0 aliphatic heterocycles. The summed E-state index contributed by atoms with van der Waals surface area (Å²) in [5, 5.41) is 0. The second-order valence-corrected chi connectivity index (χ2v) is 5.37. The van der Waals surface area contributed by atoms with Crippen LogP contribution in [0.1, 0.15) is 24.8 Å². The number of rotatable bonds is 2. The van der Waals surface area contributed by atoms with E-state index in [-0.39, 0.29) is 17.9 Å². The van der Waals surface area contributed by atoms with Crippen LogP contribution in [0.25, 0.3) is 0 Å². The SMILES string of the molecule is NC1CCC(Oc2ccc(Br)cc2C(F)(F)F)C1. The molecule has 0 aromatic heterocycles. The van der Waals surface area contributed by atoms with Gasteiger partial charge in [-0.1, -0.05) is 15.9 Å². The summed E-state index contributed by atoms with van der Waals surface area (Å²) in [7, 11) is 0. The molecule has 1 aromatic rings. The highest BCUT2D eigenvalue weighted by atomic mass is 79.9. The predicted molar refractivity (Wildman–Crippen MR) is 65.4 cm³/mol. The van der Waals surface area contributed by atoms with E-state index in [0.717, 1.165) is 12.5 Å². The van der Waals surface area contributed by atoms with Crippen molar-refractivity contribution >= 4 is 15.9 Å². The lowest BCUT2D eigenvalue weighted by molar-refractivity contribution is -0.139. The molecule has 0 amide bonds. The van der Waals surface area contributed by atoms with Gasteiger partial charge in [0.15, 0.2) is 0 Å². The van der Waals surface area contributed by atoms with Gasteiger partial charge >= 0.3 is 6.18 Å². The summed E-state index contributed by atoms with van der Waals surface area (Å²) < 4.78 is 44.4. The van der Waals surface area contributed by atoms with Gasteiger partial charge in [0.05, 0.1) is 5.56 Å². The summed E-state index contributed by atoms with van der Waals surface area (Å²) >= 11 is 3.04. The Morgan fingerprint density at radius 1 is 1.28 bits per heavy atom. The van der Waals surface area contributed by atoms with Crippen molar-refractivity contribution in [2.75, 3.05) is 0 Å². The minimum Gasteiger partial charge on any atom is -0.490 e. The Hall–Kier alpha value is -0.750. The summed E-state index contributed by atoms with van der Waals surface area (Å²) in [5.74, 6) is -0.121. The lowest BCUT2D eigenvalue weighted by atomic mass is 10.2. The molecule has 100 valence electrons. The largest absolute Gasteiger partial charge is 0.490 e. The highest BCUT2D eigenvalue weighted by Gasteiger charge is 2.35. The van der Waals surface area contributed by atoms with Gasteiger partial charge in [-0.25, -0.2) is 0 Å². The van der Waals surface area contributed by atoms with Crippen LogP contribution in [0.5, 0.6) is 5.75 Å². The summed E-state index contributed by atoms with van der Waals surface area (Å²) in [4.78, 5) is 0. The number of alkyl halides is 3. The van der Waals surface area contributed by atoms with Gasteiger partial charge in [0, 0.05) is 10.5 Å². The van der Waals surface area contributed by atoms with Crippen LogP contribution in [0.2, 0.25) is 0 Å². The second-order valence-electron chi connectivity index (χ2n) is 4.45. The molecule has 1 aliphatic rings. The van der Waals surface area contributed by atoms with Gasteiger partial charge in [-0.3, -0.25) is 0 Å². The van der Waals surface area contributed by atoms with Crippen molar-refractivity contribution in [2.24, 2.45) is 5.73 Å². The second kappa shape index (κ2) is 5.09. The molecule has 1 saturated carbocycles. The Labute approximate surface area is 111 Å². The van der Waals surface area contributed by atoms with Gasteiger partial charge in [-0.15, -0.1) is 0 Å². The van der Waals surface area contributed by atoms with Crippen molar-refractivity contribution < 1.29 is 17.9 Å². The highest BCUT2D eigenvalue weighted by Crippen LogP contribution is 2.39. The quantitative estimate of drug-likeness (QED) is 0.900. The van der Waals surface area contributed by atoms with Crippen LogP contribution in [0.15, 0.2) is 22.7 Å². The fourth-order valence-corrected chi connectivity index (χ4v) is 2.45. The molecule has 18 heavy (non-hydrogen) atoms. The van der Waals surface area contributed by atoms with Crippen molar-refractivity contribution in [3.63, 3.8) is 0 Å². The average Bonchev–Trinajstić information content (AvgIpc) is 2.65. The first kappa shape index (κ1) is 13.7. The molecule has 0 spiro atoms. The Bertz CT molecular complexity index is 436. The number of benzene rings is 1. The normalized spacial score (nSPS) is 24.3. The molecule has 1 aromatic carbocycles. The molecule has 6 heteroatoms. The van der Waals surface area contributed by atoms with E-state index < -0.39 is 11.7 Å². The lowest BCUT2D eigenvalue weighted by Crippen LogP contribution is -2.20. The van der Waals surface area contributed by atoms with Crippen LogP contribution >= 0.6 is 15.9 Å². The number of halogens is 4. The van der Waals surface area contributed by atoms with Crippen LogP contribution in [-0.4, -0.2) is 12.1 Å². The van der Waals surface area contributed by atoms with Crippen molar-refractivity contribution in [2.45, 2.75) is 37.6 Å². The Balaban J connectivity index is 2.22. The maximum Gasteiger partial charge on any atom is 0.420 e. The first-order valence-corrected chi connectivity index (χ1v) is 6.44. The van der Waals surface area contributed by atoms with Crippen molar-refractivity contribution in [1.82, 2.24) is 0 Å². The van der Waals surface area contributed by atoms with E-state index in [4.69, 9.17) is 10.5 Å². The minimum absolute atomic E-state index is 0.0276. The average molecular weight is 324 g/mol. The molecule has 2 atom stereocenters. The molecule has 1 aliphatic carbocycles. The van der Waals surface area contributed by atoms with Gasteiger partial charge in [-0.05, 0) is 37.5 Å². The van der Waals surface area contributed by atoms with Gasteiger partial charge in [0.25, 0.3) is 0 Å². The molecule has 2 nitrogen and oxygen atoms in total. The summed E-state index contributed by atoms with van der Waals surface area (Å²) in [6.45, 7) is 0. The summed E-state index contributed by atoms with van der Waals surface area (Å²) in [5.41, 5.74) is 4.96. The fourth-order valence-electron chi connectivity index (χ4n) is 2.09. The maximum atomic E-state index is 12.9. The minimum atomic E-state index is -4.42. The van der Waals surface area contributed by atoms with Crippen molar-refractivity contribution in [3.05, 3.63) is 28.2 Å². The molecular weight excluding hydrogens is 311 g/mol. The first-order chi connectivity index (χ1) is 8.36. The van der Waals surface area contributed by atoms with Crippen LogP contribution in [0.3, 0.4) is 0 Å².